The van der Waals surface area contributed by atoms with Crippen LogP contribution >= 0.6 is 15.9 Å². The summed E-state index contributed by atoms with van der Waals surface area (Å²) in [6, 6.07) is 14.1. The number of benzene rings is 2. The van der Waals surface area contributed by atoms with E-state index in [0.717, 1.165) is 21.3 Å². The van der Waals surface area contributed by atoms with Gasteiger partial charge < -0.3 is 10.4 Å². The van der Waals surface area contributed by atoms with Crippen molar-refractivity contribution in [3.05, 3.63) is 64.1 Å². The summed E-state index contributed by atoms with van der Waals surface area (Å²) in [6.45, 7) is 1.94. The molecule has 0 radical (unpaired) electrons. The second-order valence-electron chi connectivity index (χ2n) is 4.29. The van der Waals surface area contributed by atoms with Gasteiger partial charge >= 0.3 is 5.97 Å². The molecule has 98 valence electrons. The highest BCUT2D eigenvalue weighted by Gasteiger charge is 2.19. The zero-order valence-corrected chi connectivity index (χ0v) is 12.0. The molecule has 2 rings (SSSR count). The summed E-state index contributed by atoms with van der Waals surface area (Å²) in [4.78, 5) is 11.4. The van der Waals surface area contributed by atoms with Crippen molar-refractivity contribution in [2.75, 3.05) is 5.32 Å². The van der Waals surface area contributed by atoms with Crippen molar-refractivity contribution in [3.63, 3.8) is 0 Å². The first-order valence-corrected chi connectivity index (χ1v) is 6.67. The van der Waals surface area contributed by atoms with Crippen molar-refractivity contribution in [2.45, 2.75) is 13.0 Å². The van der Waals surface area contributed by atoms with Crippen LogP contribution in [0.4, 0.5) is 5.69 Å². The number of halogens is 1. The first kappa shape index (κ1) is 13.6. The molecule has 0 amide bonds. The molecule has 2 aromatic carbocycles. The van der Waals surface area contributed by atoms with E-state index < -0.39 is 12.0 Å². The number of aliphatic carboxylic acids is 1. The fourth-order valence-corrected chi connectivity index (χ4v) is 2.35. The van der Waals surface area contributed by atoms with Gasteiger partial charge in [-0.25, -0.2) is 4.79 Å². The van der Waals surface area contributed by atoms with E-state index in [2.05, 4.69) is 21.2 Å². The third-order valence-electron chi connectivity index (χ3n) is 2.87. The van der Waals surface area contributed by atoms with Crippen LogP contribution in [0.25, 0.3) is 0 Å². The minimum absolute atomic E-state index is 0.734. The molecule has 19 heavy (non-hydrogen) atoms. The molecule has 0 aliphatic heterocycles. The number of hydrogen-bond donors (Lipinski definition) is 2. The van der Waals surface area contributed by atoms with Gasteiger partial charge in [0.25, 0.3) is 0 Å². The number of nitrogens with one attached hydrogen (secondary N) is 1. The normalized spacial score (nSPS) is 11.9. The van der Waals surface area contributed by atoms with Crippen LogP contribution in [0.3, 0.4) is 0 Å². The highest BCUT2D eigenvalue weighted by atomic mass is 79.9. The van der Waals surface area contributed by atoms with Gasteiger partial charge in [-0.05, 0) is 36.2 Å². The maximum atomic E-state index is 11.4. The maximum absolute atomic E-state index is 11.4. The summed E-state index contributed by atoms with van der Waals surface area (Å²) in [6.07, 6.45) is 0. The molecular weight excluding hydrogens is 306 g/mol. The Bertz CT molecular complexity index is 584. The van der Waals surface area contributed by atoms with Crippen molar-refractivity contribution in [1.29, 1.82) is 0 Å². The van der Waals surface area contributed by atoms with Crippen LogP contribution in [-0.2, 0) is 4.79 Å². The fraction of sp³-hybridized carbons (Fsp3) is 0.133. The zero-order valence-electron chi connectivity index (χ0n) is 10.4. The van der Waals surface area contributed by atoms with E-state index in [0.29, 0.717) is 0 Å². The molecular formula is C15H14BrNO2. The molecule has 1 atom stereocenters. The monoisotopic (exact) mass is 319 g/mol. The van der Waals surface area contributed by atoms with Crippen LogP contribution in [-0.4, -0.2) is 11.1 Å². The van der Waals surface area contributed by atoms with E-state index in [1.165, 1.54) is 0 Å². The van der Waals surface area contributed by atoms with E-state index >= 15 is 0 Å². The molecule has 0 aliphatic rings. The molecule has 0 aliphatic carbocycles. The van der Waals surface area contributed by atoms with E-state index in [4.69, 9.17) is 0 Å². The Labute approximate surface area is 120 Å². The predicted molar refractivity (Wildman–Crippen MR) is 79.3 cm³/mol. The lowest BCUT2D eigenvalue weighted by Crippen LogP contribution is -2.20. The molecule has 3 nitrogen and oxygen atoms in total. The molecule has 0 fully saturated rings. The van der Waals surface area contributed by atoms with Gasteiger partial charge in [-0.15, -0.1) is 0 Å². The Morgan fingerprint density at radius 3 is 2.47 bits per heavy atom. The lowest BCUT2D eigenvalue weighted by Gasteiger charge is -2.18. The Kier molecular flexibility index (Phi) is 4.22. The molecule has 0 heterocycles. The molecule has 1 unspecified atom stereocenters. The number of carboxylic acids is 1. The second kappa shape index (κ2) is 5.89. The van der Waals surface area contributed by atoms with Crippen molar-refractivity contribution in [3.8, 4) is 0 Å². The van der Waals surface area contributed by atoms with Crippen molar-refractivity contribution < 1.29 is 9.90 Å². The lowest BCUT2D eigenvalue weighted by atomic mass is 10.1. The van der Waals surface area contributed by atoms with Crippen LogP contribution in [0.1, 0.15) is 17.2 Å². The Morgan fingerprint density at radius 1 is 1.21 bits per heavy atom. The molecule has 4 heteroatoms. The minimum Gasteiger partial charge on any atom is -0.479 e. The summed E-state index contributed by atoms with van der Waals surface area (Å²) in [7, 11) is 0. The maximum Gasteiger partial charge on any atom is 0.330 e. The molecule has 0 aromatic heterocycles. The average molecular weight is 320 g/mol. The summed E-state index contributed by atoms with van der Waals surface area (Å²) in [5, 5.41) is 12.4. The average Bonchev–Trinajstić information content (AvgIpc) is 2.38. The number of carbonyl (C=O) groups is 1. The van der Waals surface area contributed by atoms with Gasteiger partial charge in [0.1, 0.15) is 0 Å². The second-order valence-corrected chi connectivity index (χ2v) is 5.20. The molecule has 0 spiro atoms. The van der Waals surface area contributed by atoms with Crippen molar-refractivity contribution in [1.82, 2.24) is 0 Å². The summed E-state index contributed by atoms with van der Waals surface area (Å²) in [5.41, 5.74) is 2.55. The van der Waals surface area contributed by atoms with E-state index in [-0.39, 0.29) is 0 Å². The topological polar surface area (TPSA) is 49.3 Å². The third-order valence-corrected chi connectivity index (χ3v) is 3.36. The van der Waals surface area contributed by atoms with Crippen LogP contribution in [0.5, 0.6) is 0 Å². The first-order valence-electron chi connectivity index (χ1n) is 5.88. The number of rotatable bonds is 4. The highest BCUT2D eigenvalue weighted by Crippen LogP contribution is 2.25. The quantitative estimate of drug-likeness (QED) is 0.895. The highest BCUT2D eigenvalue weighted by molar-refractivity contribution is 9.10. The van der Waals surface area contributed by atoms with Crippen LogP contribution < -0.4 is 5.32 Å². The van der Waals surface area contributed by atoms with Gasteiger partial charge in [0.2, 0.25) is 0 Å². The van der Waals surface area contributed by atoms with Crippen LogP contribution in [0, 0.1) is 6.92 Å². The first-order chi connectivity index (χ1) is 9.08. The number of carboxylic acid groups (broad SMARTS) is 1. The van der Waals surface area contributed by atoms with E-state index in [1.807, 2.05) is 43.3 Å². The molecule has 2 N–H and O–H groups in total. The Morgan fingerprint density at radius 2 is 1.89 bits per heavy atom. The SMILES string of the molecule is Cc1cc(Br)ccc1NC(C(=O)O)c1ccccc1. The van der Waals surface area contributed by atoms with Gasteiger partial charge in [-0.3, -0.25) is 0 Å². The third kappa shape index (κ3) is 3.35. The molecule has 0 saturated heterocycles. The minimum atomic E-state index is -0.895. The van der Waals surface area contributed by atoms with Crippen LogP contribution in [0.15, 0.2) is 53.0 Å². The zero-order chi connectivity index (χ0) is 13.8. The largest absolute Gasteiger partial charge is 0.479 e. The van der Waals surface area contributed by atoms with Gasteiger partial charge in [0, 0.05) is 10.2 Å². The predicted octanol–water partition coefficient (Wildman–Crippen LogP) is 4.00. The fourth-order valence-electron chi connectivity index (χ4n) is 1.88. The van der Waals surface area contributed by atoms with Crippen molar-refractivity contribution in [2.24, 2.45) is 0 Å². The summed E-state index contributed by atoms with van der Waals surface area (Å²) < 4.78 is 0.974. The standard InChI is InChI=1S/C15H14BrNO2/c1-10-9-12(16)7-8-13(10)17-14(15(18)19)11-5-3-2-4-6-11/h2-9,14,17H,1H3,(H,18,19). The molecule has 0 bridgehead atoms. The van der Waals surface area contributed by atoms with Gasteiger partial charge in [0.05, 0.1) is 0 Å². The summed E-state index contributed by atoms with van der Waals surface area (Å²) >= 11 is 3.39. The lowest BCUT2D eigenvalue weighted by molar-refractivity contribution is -0.138. The number of aryl methyl sites for hydroxylation is 1. The van der Waals surface area contributed by atoms with Gasteiger partial charge in [0.15, 0.2) is 6.04 Å². The number of hydrogen-bond acceptors (Lipinski definition) is 2. The molecule has 2 aromatic rings. The van der Waals surface area contributed by atoms with E-state index in [1.54, 1.807) is 12.1 Å². The number of anilines is 1. The summed E-state index contributed by atoms with van der Waals surface area (Å²) in [5.74, 6) is -0.895. The smallest absolute Gasteiger partial charge is 0.330 e. The Balaban J connectivity index is 2.29. The van der Waals surface area contributed by atoms with E-state index in [9.17, 15) is 9.90 Å². The van der Waals surface area contributed by atoms with Crippen molar-refractivity contribution >= 4 is 27.6 Å². The van der Waals surface area contributed by atoms with Crippen LogP contribution in [0.2, 0.25) is 0 Å². The van der Waals surface area contributed by atoms with Gasteiger partial charge in [-0.1, -0.05) is 46.3 Å². The molecule has 0 saturated carbocycles. The van der Waals surface area contributed by atoms with Gasteiger partial charge in [-0.2, -0.15) is 0 Å². The Hall–Kier alpha value is -1.81.